The van der Waals surface area contributed by atoms with E-state index in [4.69, 9.17) is 15.6 Å². The van der Waals surface area contributed by atoms with Crippen LogP contribution >= 0.6 is 15.9 Å². The number of ether oxygens (including phenoxy) is 1. The van der Waals surface area contributed by atoms with Crippen LogP contribution in [0.15, 0.2) is 10.7 Å². The molecule has 2 rings (SSSR count). The predicted molar refractivity (Wildman–Crippen MR) is 63.2 cm³/mol. The smallest absolute Gasteiger partial charge is 0.228 e. The largest absolute Gasteiger partial charge is 0.394 e. The summed E-state index contributed by atoms with van der Waals surface area (Å²) in [5, 5.41) is 9.04. The average Bonchev–Trinajstić information content (AvgIpc) is 2.28. The summed E-state index contributed by atoms with van der Waals surface area (Å²) in [4.78, 5) is 10.3. The van der Waals surface area contributed by atoms with E-state index in [2.05, 4.69) is 25.9 Å². The van der Waals surface area contributed by atoms with Crippen molar-refractivity contribution in [1.29, 1.82) is 0 Å². The second-order valence-electron chi connectivity index (χ2n) is 3.54. The third-order valence-electron chi connectivity index (χ3n) is 2.33. The molecule has 1 aliphatic heterocycles. The topological polar surface area (TPSA) is 84.5 Å². The fraction of sp³-hybridized carbons (Fsp3) is 0.556. The summed E-state index contributed by atoms with van der Waals surface area (Å²) in [6, 6.07) is 1.65. The molecule has 1 atom stereocenters. The summed E-state index contributed by atoms with van der Waals surface area (Å²) in [6.45, 7) is 1.83. The number of hydrogen-bond acceptors (Lipinski definition) is 6. The van der Waals surface area contributed by atoms with Crippen LogP contribution in [-0.4, -0.2) is 47.5 Å². The first-order chi connectivity index (χ1) is 7.69. The van der Waals surface area contributed by atoms with Gasteiger partial charge in [0.25, 0.3) is 0 Å². The van der Waals surface area contributed by atoms with Gasteiger partial charge in [0.1, 0.15) is 10.4 Å². The van der Waals surface area contributed by atoms with Crippen LogP contribution in [0.25, 0.3) is 0 Å². The van der Waals surface area contributed by atoms with Gasteiger partial charge in [0, 0.05) is 19.2 Å². The fourth-order valence-electron chi connectivity index (χ4n) is 1.58. The van der Waals surface area contributed by atoms with E-state index < -0.39 is 0 Å². The van der Waals surface area contributed by atoms with Gasteiger partial charge in [-0.15, -0.1) is 0 Å². The van der Waals surface area contributed by atoms with Crippen LogP contribution in [0.2, 0.25) is 0 Å². The Morgan fingerprint density at radius 2 is 2.44 bits per heavy atom. The number of nitrogen functional groups attached to an aromatic ring is 1. The fourth-order valence-corrected chi connectivity index (χ4v) is 1.97. The Labute approximate surface area is 102 Å². The molecule has 1 aromatic rings. The maximum Gasteiger partial charge on any atom is 0.228 e. The molecule has 1 aromatic heterocycles. The molecule has 88 valence electrons. The Kier molecular flexibility index (Phi) is 3.57. The number of aliphatic hydroxyl groups excluding tert-OH is 1. The van der Waals surface area contributed by atoms with Crippen LogP contribution in [-0.2, 0) is 4.74 Å². The average molecular weight is 289 g/mol. The summed E-state index contributed by atoms with van der Waals surface area (Å²) in [5.74, 6) is 0.984. The molecule has 1 aliphatic rings. The van der Waals surface area contributed by atoms with E-state index in [1.807, 2.05) is 4.90 Å². The molecule has 0 saturated carbocycles. The number of nitrogens with two attached hydrogens (primary N) is 1. The van der Waals surface area contributed by atoms with E-state index in [0.717, 1.165) is 0 Å². The van der Waals surface area contributed by atoms with E-state index in [1.165, 1.54) is 0 Å². The molecule has 7 heteroatoms. The van der Waals surface area contributed by atoms with Gasteiger partial charge in [-0.2, -0.15) is 4.98 Å². The lowest BCUT2D eigenvalue weighted by atomic mass is 10.3. The minimum atomic E-state index is -0.183. The Bertz CT molecular complexity index is 356. The van der Waals surface area contributed by atoms with Crippen molar-refractivity contribution in [1.82, 2.24) is 9.97 Å². The monoisotopic (exact) mass is 288 g/mol. The zero-order valence-corrected chi connectivity index (χ0v) is 10.2. The second-order valence-corrected chi connectivity index (χ2v) is 4.35. The highest BCUT2D eigenvalue weighted by Crippen LogP contribution is 2.18. The summed E-state index contributed by atoms with van der Waals surface area (Å²) in [6.07, 6.45) is -0.183. The van der Waals surface area contributed by atoms with Crippen LogP contribution in [0.1, 0.15) is 0 Å². The highest BCUT2D eigenvalue weighted by Gasteiger charge is 2.22. The third-order valence-corrected chi connectivity index (χ3v) is 2.73. The number of aliphatic hydroxyl groups is 1. The molecule has 1 saturated heterocycles. The Hall–Kier alpha value is -0.920. The number of halogens is 1. The number of hydrogen-bond donors (Lipinski definition) is 2. The number of rotatable bonds is 2. The Balaban J connectivity index is 2.16. The molecule has 0 spiro atoms. The lowest BCUT2D eigenvalue weighted by molar-refractivity contribution is 0.00314. The normalized spacial score (nSPS) is 21.1. The van der Waals surface area contributed by atoms with Crippen molar-refractivity contribution in [3.8, 4) is 0 Å². The minimum Gasteiger partial charge on any atom is -0.394 e. The third kappa shape index (κ3) is 2.60. The second kappa shape index (κ2) is 4.94. The van der Waals surface area contributed by atoms with Gasteiger partial charge in [-0.1, -0.05) is 0 Å². The summed E-state index contributed by atoms with van der Waals surface area (Å²) >= 11 is 3.27. The van der Waals surface area contributed by atoms with Gasteiger partial charge in [-0.05, 0) is 15.9 Å². The molecule has 0 bridgehead atoms. The molecule has 0 aromatic carbocycles. The highest BCUT2D eigenvalue weighted by atomic mass is 79.9. The van der Waals surface area contributed by atoms with Gasteiger partial charge in [-0.3, -0.25) is 0 Å². The molecular formula is C9H13BrN4O2. The van der Waals surface area contributed by atoms with Crippen LogP contribution < -0.4 is 10.6 Å². The van der Waals surface area contributed by atoms with Crippen molar-refractivity contribution < 1.29 is 9.84 Å². The summed E-state index contributed by atoms with van der Waals surface area (Å²) in [5.41, 5.74) is 5.64. The van der Waals surface area contributed by atoms with E-state index in [-0.39, 0.29) is 12.7 Å². The minimum absolute atomic E-state index is 0.0000145. The molecule has 2 heterocycles. The van der Waals surface area contributed by atoms with Crippen molar-refractivity contribution in [2.45, 2.75) is 6.10 Å². The number of morpholine rings is 1. The van der Waals surface area contributed by atoms with E-state index in [9.17, 15) is 0 Å². The van der Waals surface area contributed by atoms with E-state index >= 15 is 0 Å². The molecule has 1 unspecified atom stereocenters. The zero-order chi connectivity index (χ0) is 11.5. The van der Waals surface area contributed by atoms with Crippen LogP contribution in [0.4, 0.5) is 11.8 Å². The van der Waals surface area contributed by atoms with Crippen molar-refractivity contribution in [2.24, 2.45) is 0 Å². The molecule has 16 heavy (non-hydrogen) atoms. The summed E-state index contributed by atoms with van der Waals surface area (Å²) in [7, 11) is 0. The number of nitrogens with zero attached hydrogens (tertiary/aromatic N) is 3. The van der Waals surface area contributed by atoms with Crippen LogP contribution in [0, 0.1) is 0 Å². The lowest BCUT2D eigenvalue weighted by Gasteiger charge is -2.32. The molecule has 0 amide bonds. The first kappa shape index (κ1) is 11.6. The number of anilines is 2. The van der Waals surface area contributed by atoms with Gasteiger partial charge in [0.05, 0.1) is 19.3 Å². The van der Waals surface area contributed by atoms with Gasteiger partial charge >= 0.3 is 0 Å². The maximum atomic E-state index is 9.04. The van der Waals surface area contributed by atoms with E-state index in [1.54, 1.807) is 6.07 Å². The molecular weight excluding hydrogens is 276 g/mol. The van der Waals surface area contributed by atoms with Gasteiger partial charge in [-0.25, -0.2) is 4.98 Å². The van der Waals surface area contributed by atoms with Crippen molar-refractivity contribution in [3.05, 3.63) is 10.7 Å². The molecule has 6 nitrogen and oxygen atoms in total. The Morgan fingerprint density at radius 1 is 1.62 bits per heavy atom. The molecule has 3 N–H and O–H groups in total. The highest BCUT2D eigenvalue weighted by molar-refractivity contribution is 9.10. The Morgan fingerprint density at radius 3 is 3.12 bits per heavy atom. The summed E-state index contributed by atoms with van der Waals surface area (Å²) < 4.78 is 6.00. The van der Waals surface area contributed by atoms with Gasteiger partial charge < -0.3 is 20.5 Å². The predicted octanol–water partition coefficient (Wildman–Crippen LogP) is 0.0188. The zero-order valence-electron chi connectivity index (χ0n) is 8.64. The quantitative estimate of drug-likeness (QED) is 0.747. The van der Waals surface area contributed by atoms with E-state index in [0.29, 0.717) is 36.1 Å². The molecule has 0 aliphatic carbocycles. The lowest BCUT2D eigenvalue weighted by Crippen LogP contribution is -2.44. The van der Waals surface area contributed by atoms with Crippen molar-refractivity contribution in [3.63, 3.8) is 0 Å². The molecule has 0 radical (unpaired) electrons. The number of aromatic nitrogens is 2. The van der Waals surface area contributed by atoms with Crippen LogP contribution in [0.3, 0.4) is 0 Å². The van der Waals surface area contributed by atoms with Gasteiger partial charge in [0.15, 0.2) is 0 Å². The first-order valence-electron chi connectivity index (χ1n) is 4.96. The first-order valence-corrected chi connectivity index (χ1v) is 5.76. The van der Waals surface area contributed by atoms with Crippen LogP contribution in [0.5, 0.6) is 0 Å². The van der Waals surface area contributed by atoms with Crippen molar-refractivity contribution in [2.75, 3.05) is 36.9 Å². The SMILES string of the molecule is Nc1cc(Br)nc(N2CCOC(CO)C2)n1. The standard InChI is InChI=1S/C9H13BrN4O2/c10-7-3-8(11)13-9(12-7)14-1-2-16-6(4-14)5-15/h3,6,15H,1-2,4-5H2,(H2,11,12,13). The maximum absolute atomic E-state index is 9.04. The van der Waals surface area contributed by atoms with Gasteiger partial charge in [0.2, 0.25) is 5.95 Å². The van der Waals surface area contributed by atoms with Crippen molar-refractivity contribution >= 4 is 27.7 Å². The molecule has 1 fully saturated rings.